The number of hydrogen-bond donors (Lipinski definition) is 2. The van der Waals surface area contributed by atoms with E-state index in [-0.39, 0.29) is 32.9 Å². The van der Waals surface area contributed by atoms with Crippen molar-refractivity contribution in [1.29, 1.82) is 0 Å². The lowest BCUT2D eigenvalue weighted by Crippen LogP contribution is -2.21. The SMILES string of the molecule is CCN(CC)CC.COc1c(Cl)ccc(-c2cc(N)c(Cl)c(C(=O)O)n2)c1Cl. The molecule has 0 aliphatic heterocycles. The number of hydrogen-bond acceptors (Lipinski definition) is 5. The van der Waals surface area contributed by atoms with Crippen LogP contribution >= 0.6 is 34.8 Å². The second-order valence-electron chi connectivity index (χ2n) is 5.63. The van der Waals surface area contributed by atoms with E-state index >= 15 is 0 Å². The first-order chi connectivity index (χ1) is 13.2. The monoisotopic (exact) mass is 447 g/mol. The van der Waals surface area contributed by atoms with Crippen molar-refractivity contribution in [3.63, 3.8) is 0 Å². The summed E-state index contributed by atoms with van der Waals surface area (Å²) in [7, 11) is 1.42. The molecule has 0 fully saturated rings. The van der Waals surface area contributed by atoms with E-state index in [2.05, 4.69) is 30.7 Å². The highest BCUT2D eigenvalue weighted by Gasteiger charge is 2.19. The highest BCUT2D eigenvalue weighted by Crippen LogP contribution is 2.40. The molecule has 9 heteroatoms. The average molecular weight is 449 g/mol. The number of pyridine rings is 1. The van der Waals surface area contributed by atoms with Crippen LogP contribution in [0.2, 0.25) is 15.1 Å². The van der Waals surface area contributed by atoms with Crippen LogP contribution in [0.3, 0.4) is 0 Å². The number of nitrogen functional groups attached to an aromatic ring is 1. The third-order valence-electron chi connectivity index (χ3n) is 4.06. The minimum absolute atomic E-state index is 0.0871. The highest BCUT2D eigenvalue weighted by atomic mass is 35.5. The molecular formula is C19H24Cl3N3O3. The predicted octanol–water partition coefficient (Wildman–Crippen LogP) is 5.35. The molecule has 1 heterocycles. The molecule has 0 amide bonds. The van der Waals surface area contributed by atoms with E-state index in [0.29, 0.717) is 10.6 Å². The highest BCUT2D eigenvalue weighted by molar-refractivity contribution is 6.39. The molecule has 3 N–H and O–H groups in total. The van der Waals surface area contributed by atoms with Crippen molar-refractivity contribution in [2.24, 2.45) is 0 Å². The van der Waals surface area contributed by atoms with Crippen molar-refractivity contribution in [3.8, 4) is 17.0 Å². The summed E-state index contributed by atoms with van der Waals surface area (Å²) in [4.78, 5) is 17.5. The van der Waals surface area contributed by atoms with E-state index in [4.69, 9.17) is 50.4 Å². The zero-order valence-corrected chi connectivity index (χ0v) is 18.5. The van der Waals surface area contributed by atoms with Crippen LogP contribution in [-0.2, 0) is 0 Å². The summed E-state index contributed by atoms with van der Waals surface area (Å²) >= 11 is 18.0. The Kier molecular flexibility index (Phi) is 9.82. The number of anilines is 1. The Labute approximate surface area is 180 Å². The maximum Gasteiger partial charge on any atom is 0.356 e. The van der Waals surface area contributed by atoms with Gasteiger partial charge in [-0.1, -0.05) is 55.6 Å². The molecule has 154 valence electrons. The van der Waals surface area contributed by atoms with E-state index in [1.54, 1.807) is 12.1 Å². The number of aromatic carboxylic acids is 1. The summed E-state index contributed by atoms with van der Waals surface area (Å²) in [6.07, 6.45) is 0. The topological polar surface area (TPSA) is 88.7 Å². The lowest BCUT2D eigenvalue weighted by Gasteiger charge is -2.13. The fourth-order valence-corrected chi connectivity index (χ4v) is 3.22. The van der Waals surface area contributed by atoms with Gasteiger partial charge < -0.3 is 20.5 Å². The van der Waals surface area contributed by atoms with Gasteiger partial charge in [-0.15, -0.1) is 0 Å². The van der Waals surface area contributed by atoms with Crippen LogP contribution in [0.4, 0.5) is 5.69 Å². The molecule has 0 bridgehead atoms. The number of carbonyl (C=O) groups is 1. The zero-order valence-electron chi connectivity index (χ0n) is 16.2. The van der Waals surface area contributed by atoms with Crippen LogP contribution in [0.1, 0.15) is 31.3 Å². The Morgan fingerprint density at radius 3 is 2.14 bits per heavy atom. The average Bonchev–Trinajstić information content (AvgIpc) is 2.66. The standard InChI is InChI=1S/C13H9Cl3N2O3.C6H15N/c1-21-12-6(14)3-2-5(9(12)15)8-4-7(17)10(16)11(18-8)13(19)20;1-4-7(5-2)6-3/h2-4H,1H3,(H2,17,18)(H,19,20);4-6H2,1-3H3. The molecule has 0 unspecified atom stereocenters. The van der Waals surface area contributed by atoms with Crippen molar-refractivity contribution in [1.82, 2.24) is 9.88 Å². The number of nitrogens with zero attached hydrogens (tertiary/aromatic N) is 2. The third-order valence-corrected chi connectivity index (χ3v) is 5.13. The van der Waals surface area contributed by atoms with Gasteiger partial charge in [-0.25, -0.2) is 9.78 Å². The molecular weight excluding hydrogens is 425 g/mol. The van der Waals surface area contributed by atoms with E-state index in [1.165, 1.54) is 32.8 Å². The molecule has 2 rings (SSSR count). The molecule has 0 atom stereocenters. The Hall–Kier alpha value is -1.73. The van der Waals surface area contributed by atoms with Crippen LogP contribution in [0.5, 0.6) is 5.75 Å². The molecule has 0 aliphatic carbocycles. The molecule has 0 saturated carbocycles. The minimum Gasteiger partial charge on any atom is -0.494 e. The van der Waals surface area contributed by atoms with Gasteiger partial charge in [0.1, 0.15) is 0 Å². The fourth-order valence-electron chi connectivity index (χ4n) is 2.42. The fraction of sp³-hybridized carbons (Fsp3) is 0.368. The summed E-state index contributed by atoms with van der Waals surface area (Å²) in [6, 6.07) is 4.59. The lowest BCUT2D eigenvalue weighted by atomic mass is 10.1. The van der Waals surface area contributed by atoms with Crippen molar-refractivity contribution in [2.75, 3.05) is 32.5 Å². The van der Waals surface area contributed by atoms with Gasteiger partial charge in [0.15, 0.2) is 11.4 Å². The molecule has 28 heavy (non-hydrogen) atoms. The molecule has 0 saturated heterocycles. The molecule has 6 nitrogen and oxygen atoms in total. The van der Waals surface area contributed by atoms with Crippen molar-refractivity contribution in [3.05, 3.63) is 39.0 Å². The number of carboxylic acids is 1. The van der Waals surface area contributed by atoms with E-state index < -0.39 is 5.97 Å². The van der Waals surface area contributed by atoms with Crippen molar-refractivity contribution < 1.29 is 14.6 Å². The molecule has 0 radical (unpaired) electrons. The largest absolute Gasteiger partial charge is 0.494 e. The Morgan fingerprint density at radius 2 is 1.71 bits per heavy atom. The minimum atomic E-state index is -1.29. The molecule has 0 spiro atoms. The molecule has 0 aliphatic rings. The second kappa shape index (κ2) is 11.3. The number of ether oxygens (including phenoxy) is 1. The number of aromatic nitrogens is 1. The van der Waals surface area contributed by atoms with Gasteiger partial charge in [0.05, 0.1) is 33.6 Å². The second-order valence-corrected chi connectivity index (χ2v) is 6.79. The molecule has 1 aromatic carbocycles. The Bertz CT molecular complexity index is 822. The van der Waals surface area contributed by atoms with Gasteiger partial charge in [0.25, 0.3) is 0 Å². The lowest BCUT2D eigenvalue weighted by molar-refractivity contribution is 0.0691. The predicted molar refractivity (Wildman–Crippen MR) is 116 cm³/mol. The molecule has 1 aromatic heterocycles. The number of halogens is 3. The van der Waals surface area contributed by atoms with Gasteiger partial charge in [-0.2, -0.15) is 0 Å². The third kappa shape index (κ3) is 5.88. The number of carboxylic acid groups (broad SMARTS) is 1. The summed E-state index contributed by atoms with van der Waals surface area (Å²) < 4.78 is 5.10. The number of rotatable bonds is 6. The van der Waals surface area contributed by atoms with Crippen LogP contribution < -0.4 is 10.5 Å². The van der Waals surface area contributed by atoms with Crippen molar-refractivity contribution in [2.45, 2.75) is 20.8 Å². The summed E-state index contributed by atoms with van der Waals surface area (Å²) in [6.45, 7) is 10.1. The van der Waals surface area contributed by atoms with Crippen LogP contribution in [-0.4, -0.2) is 47.7 Å². The van der Waals surface area contributed by atoms with Crippen LogP contribution in [0.25, 0.3) is 11.3 Å². The quantitative estimate of drug-likeness (QED) is 0.619. The normalized spacial score (nSPS) is 10.4. The van der Waals surface area contributed by atoms with Crippen LogP contribution in [0.15, 0.2) is 18.2 Å². The van der Waals surface area contributed by atoms with Gasteiger partial charge >= 0.3 is 5.97 Å². The summed E-state index contributed by atoms with van der Waals surface area (Å²) in [5.41, 5.74) is 6.14. The Morgan fingerprint density at radius 1 is 1.14 bits per heavy atom. The Balaban J connectivity index is 0.000000480. The number of methoxy groups -OCH3 is 1. The first-order valence-corrected chi connectivity index (χ1v) is 9.78. The first-order valence-electron chi connectivity index (χ1n) is 8.65. The van der Waals surface area contributed by atoms with E-state index in [0.717, 1.165) is 0 Å². The van der Waals surface area contributed by atoms with Gasteiger partial charge in [0.2, 0.25) is 0 Å². The van der Waals surface area contributed by atoms with Gasteiger partial charge in [-0.3, -0.25) is 0 Å². The van der Waals surface area contributed by atoms with Gasteiger partial charge in [0, 0.05) is 5.56 Å². The van der Waals surface area contributed by atoms with Crippen LogP contribution in [0, 0.1) is 0 Å². The first kappa shape index (κ1) is 24.3. The smallest absolute Gasteiger partial charge is 0.356 e. The summed E-state index contributed by atoms with van der Waals surface area (Å²) in [5, 5.41) is 9.50. The zero-order chi connectivity index (χ0) is 21.4. The summed E-state index contributed by atoms with van der Waals surface area (Å²) in [5.74, 6) is -1.02. The van der Waals surface area contributed by atoms with Crippen molar-refractivity contribution >= 4 is 46.5 Å². The maximum atomic E-state index is 11.1. The number of benzene rings is 1. The molecule has 2 aromatic rings. The van der Waals surface area contributed by atoms with Gasteiger partial charge in [-0.05, 0) is 37.8 Å². The van der Waals surface area contributed by atoms with E-state index in [9.17, 15) is 4.79 Å². The maximum absolute atomic E-state index is 11.1. The van der Waals surface area contributed by atoms with E-state index in [1.807, 2.05) is 0 Å². The number of nitrogens with two attached hydrogens (primary N) is 1.